The van der Waals surface area contributed by atoms with Crippen molar-refractivity contribution in [2.75, 3.05) is 12.4 Å². The summed E-state index contributed by atoms with van der Waals surface area (Å²) in [7, 11) is 1.65. The van der Waals surface area contributed by atoms with E-state index in [1.54, 1.807) is 13.3 Å². The molecule has 5 heteroatoms. The van der Waals surface area contributed by atoms with E-state index in [4.69, 9.17) is 4.74 Å². The number of fused-ring (bicyclic) bond motifs is 1. The van der Waals surface area contributed by atoms with Crippen LogP contribution in [0.3, 0.4) is 0 Å². The predicted molar refractivity (Wildman–Crippen MR) is 88.8 cm³/mol. The van der Waals surface area contributed by atoms with Crippen LogP contribution >= 0.6 is 11.8 Å². The Bertz CT molecular complexity index is 711. The number of hydrogen-bond donors (Lipinski definition) is 2. The molecule has 4 nitrogen and oxygen atoms in total. The Labute approximate surface area is 133 Å². The minimum absolute atomic E-state index is 0.0778. The third-order valence-corrected chi connectivity index (χ3v) is 4.38. The Balaban J connectivity index is 1.64. The van der Waals surface area contributed by atoms with Crippen molar-refractivity contribution in [3.63, 3.8) is 0 Å². The molecule has 0 bridgehead atoms. The first-order valence-electron chi connectivity index (χ1n) is 6.91. The van der Waals surface area contributed by atoms with Crippen molar-refractivity contribution in [3.05, 3.63) is 65.2 Å². The summed E-state index contributed by atoms with van der Waals surface area (Å²) in [5.41, 5.74) is 1.99. The highest BCUT2D eigenvalue weighted by Gasteiger charge is 2.20. The van der Waals surface area contributed by atoms with E-state index in [2.05, 4.69) is 10.6 Å². The van der Waals surface area contributed by atoms with Gasteiger partial charge in [-0.3, -0.25) is 4.79 Å². The number of carbonyl (C=O) groups is 1. The molecule has 22 heavy (non-hydrogen) atoms. The lowest BCUT2D eigenvalue weighted by Gasteiger charge is -2.18. The van der Waals surface area contributed by atoms with Crippen molar-refractivity contribution in [1.29, 1.82) is 0 Å². The van der Waals surface area contributed by atoms with Gasteiger partial charge in [-0.05, 0) is 29.8 Å². The number of rotatable bonds is 4. The third-order valence-electron chi connectivity index (χ3n) is 3.28. The van der Waals surface area contributed by atoms with Crippen LogP contribution in [0.15, 0.2) is 64.5 Å². The largest absolute Gasteiger partial charge is 0.497 e. The van der Waals surface area contributed by atoms with E-state index >= 15 is 0 Å². The molecule has 0 saturated carbocycles. The second kappa shape index (κ2) is 6.58. The topological polar surface area (TPSA) is 50.4 Å². The first kappa shape index (κ1) is 14.5. The first-order valence-corrected chi connectivity index (χ1v) is 7.72. The molecule has 0 atom stereocenters. The molecule has 0 unspecified atom stereocenters. The number of carbonyl (C=O) groups excluding carboxylic acids is 1. The summed E-state index contributed by atoms with van der Waals surface area (Å²) < 4.78 is 5.13. The second-order valence-corrected chi connectivity index (χ2v) is 5.87. The smallest absolute Gasteiger partial charge is 0.263 e. The summed E-state index contributed by atoms with van der Waals surface area (Å²) >= 11 is 1.47. The lowest BCUT2D eigenvalue weighted by atomic mass is 10.2. The Morgan fingerprint density at radius 3 is 2.73 bits per heavy atom. The molecule has 0 fully saturated rings. The minimum Gasteiger partial charge on any atom is -0.497 e. The van der Waals surface area contributed by atoms with Gasteiger partial charge in [0.15, 0.2) is 0 Å². The molecule has 0 aliphatic carbocycles. The summed E-state index contributed by atoms with van der Waals surface area (Å²) in [6.07, 6.45) is 1.76. The molecule has 2 N–H and O–H groups in total. The highest BCUT2D eigenvalue weighted by molar-refractivity contribution is 8.04. The molecule has 1 amide bonds. The molecule has 0 radical (unpaired) electrons. The Kier molecular flexibility index (Phi) is 4.34. The number of hydrogen-bond acceptors (Lipinski definition) is 4. The minimum atomic E-state index is -0.0778. The average Bonchev–Trinajstić information content (AvgIpc) is 2.56. The SMILES string of the molecule is COc1ccc(CN/C=C2\Sc3ccccc3NC2=O)cc1. The van der Waals surface area contributed by atoms with Crippen LogP contribution in [0.25, 0.3) is 0 Å². The van der Waals surface area contributed by atoms with E-state index in [0.717, 1.165) is 21.9 Å². The fourth-order valence-corrected chi connectivity index (χ4v) is 3.01. The van der Waals surface area contributed by atoms with Crippen molar-refractivity contribution < 1.29 is 9.53 Å². The van der Waals surface area contributed by atoms with Crippen molar-refractivity contribution in [1.82, 2.24) is 5.32 Å². The fourth-order valence-electron chi connectivity index (χ4n) is 2.11. The van der Waals surface area contributed by atoms with Crippen molar-refractivity contribution in [2.24, 2.45) is 0 Å². The van der Waals surface area contributed by atoms with Gasteiger partial charge < -0.3 is 15.4 Å². The number of para-hydroxylation sites is 1. The maximum absolute atomic E-state index is 12.0. The monoisotopic (exact) mass is 312 g/mol. The lowest BCUT2D eigenvalue weighted by Crippen LogP contribution is -2.19. The molecule has 3 rings (SSSR count). The quantitative estimate of drug-likeness (QED) is 0.850. The number of nitrogens with one attached hydrogen (secondary N) is 2. The molecule has 0 spiro atoms. The highest BCUT2D eigenvalue weighted by atomic mass is 32.2. The number of ether oxygens (including phenoxy) is 1. The van der Waals surface area contributed by atoms with Crippen molar-refractivity contribution >= 4 is 23.4 Å². The lowest BCUT2D eigenvalue weighted by molar-refractivity contribution is -0.112. The van der Waals surface area contributed by atoms with Crippen LogP contribution in [-0.2, 0) is 11.3 Å². The van der Waals surface area contributed by atoms with Gasteiger partial charge in [-0.25, -0.2) is 0 Å². The van der Waals surface area contributed by atoms with Crippen LogP contribution in [0.2, 0.25) is 0 Å². The van der Waals surface area contributed by atoms with Gasteiger partial charge in [0.05, 0.1) is 17.7 Å². The number of benzene rings is 2. The zero-order valence-corrected chi connectivity index (χ0v) is 12.9. The molecule has 0 aromatic heterocycles. The van der Waals surface area contributed by atoms with Gasteiger partial charge in [-0.15, -0.1) is 0 Å². The van der Waals surface area contributed by atoms with Gasteiger partial charge in [-0.1, -0.05) is 36.0 Å². The second-order valence-electron chi connectivity index (χ2n) is 4.79. The van der Waals surface area contributed by atoms with E-state index in [-0.39, 0.29) is 5.91 Å². The van der Waals surface area contributed by atoms with Gasteiger partial charge in [0.1, 0.15) is 5.75 Å². The summed E-state index contributed by atoms with van der Waals surface area (Å²) in [5.74, 6) is 0.756. The van der Waals surface area contributed by atoms with Crippen LogP contribution in [-0.4, -0.2) is 13.0 Å². The number of thioether (sulfide) groups is 1. The Morgan fingerprint density at radius 2 is 1.95 bits per heavy atom. The fraction of sp³-hybridized carbons (Fsp3) is 0.118. The first-order chi connectivity index (χ1) is 10.8. The highest BCUT2D eigenvalue weighted by Crippen LogP contribution is 2.37. The number of methoxy groups -OCH3 is 1. The van der Waals surface area contributed by atoms with Crippen LogP contribution in [0.4, 0.5) is 5.69 Å². The average molecular weight is 312 g/mol. The molecule has 1 aliphatic heterocycles. The zero-order valence-electron chi connectivity index (χ0n) is 12.1. The third kappa shape index (κ3) is 3.26. The molecule has 1 heterocycles. The van der Waals surface area contributed by atoms with E-state index in [1.807, 2.05) is 48.5 Å². The van der Waals surface area contributed by atoms with E-state index < -0.39 is 0 Å². The van der Waals surface area contributed by atoms with Crippen molar-refractivity contribution in [3.8, 4) is 5.75 Å². The van der Waals surface area contributed by atoms with Crippen LogP contribution in [0, 0.1) is 0 Å². The van der Waals surface area contributed by atoms with Crippen molar-refractivity contribution in [2.45, 2.75) is 11.4 Å². The van der Waals surface area contributed by atoms with Gasteiger partial charge in [0.2, 0.25) is 0 Å². The summed E-state index contributed by atoms with van der Waals surface area (Å²) in [5, 5.41) is 6.07. The Hall–Kier alpha value is -2.40. The molecule has 2 aromatic rings. The van der Waals surface area contributed by atoms with Crippen LogP contribution in [0.1, 0.15) is 5.56 Å². The standard InChI is InChI=1S/C17H16N2O2S/c1-21-13-8-6-12(7-9-13)10-18-11-16-17(20)19-14-4-2-3-5-15(14)22-16/h2-9,11,18H,10H2,1H3,(H,19,20)/b16-11-. The molecule has 0 saturated heterocycles. The van der Waals surface area contributed by atoms with Gasteiger partial charge in [0.25, 0.3) is 5.91 Å². The molecule has 1 aliphatic rings. The molecular weight excluding hydrogens is 296 g/mol. The maximum Gasteiger partial charge on any atom is 0.263 e. The Morgan fingerprint density at radius 1 is 1.18 bits per heavy atom. The van der Waals surface area contributed by atoms with E-state index in [0.29, 0.717) is 11.4 Å². The zero-order chi connectivity index (χ0) is 15.4. The normalized spacial score (nSPS) is 15.1. The van der Waals surface area contributed by atoms with E-state index in [9.17, 15) is 4.79 Å². The number of anilines is 1. The van der Waals surface area contributed by atoms with Crippen LogP contribution < -0.4 is 15.4 Å². The number of amides is 1. The summed E-state index contributed by atoms with van der Waals surface area (Å²) in [4.78, 5) is 13.7. The molecule has 112 valence electrons. The summed E-state index contributed by atoms with van der Waals surface area (Å²) in [6.45, 7) is 0.656. The predicted octanol–water partition coefficient (Wildman–Crippen LogP) is 3.37. The molecular formula is C17H16N2O2S. The van der Waals surface area contributed by atoms with E-state index in [1.165, 1.54) is 11.8 Å². The maximum atomic E-state index is 12.0. The van der Waals surface area contributed by atoms with Crippen LogP contribution in [0.5, 0.6) is 5.75 Å². The van der Waals surface area contributed by atoms with Gasteiger partial charge in [0, 0.05) is 17.6 Å². The van der Waals surface area contributed by atoms with Gasteiger partial charge in [-0.2, -0.15) is 0 Å². The molecule has 2 aromatic carbocycles. The van der Waals surface area contributed by atoms with Gasteiger partial charge >= 0.3 is 0 Å². The summed E-state index contributed by atoms with van der Waals surface area (Å²) in [6, 6.07) is 15.6.